The van der Waals surface area contributed by atoms with Crippen molar-refractivity contribution in [3.63, 3.8) is 0 Å². The van der Waals surface area contributed by atoms with Gasteiger partial charge in [0.15, 0.2) is 5.78 Å². The highest BCUT2D eigenvalue weighted by Gasteiger charge is 2.16. The van der Waals surface area contributed by atoms with E-state index < -0.39 is 0 Å². The molecular formula is C6H8O. The minimum Gasteiger partial charge on any atom is -0.294 e. The Labute approximate surface area is 43.0 Å². The molecule has 1 rings (SSSR count). The van der Waals surface area contributed by atoms with E-state index in [1.165, 1.54) is 0 Å². The zero-order valence-electron chi connectivity index (χ0n) is 4.35. The van der Waals surface area contributed by atoms with E-state index in [1.807, 2.05) is 13.0 Å². The minimum atomic E-state index is 0.264. The maximum Gasteiger partial charge on any atom is 0.162 e. The zero-order valence-corrected chi connectivity index (χ0v) is 4.35. The van der Waals surface area contributed by atoms with Crippen molar-refractivity contribution in [2.75, 3.05) is 0 Å². The van der Waals surface area contributed by atoms with E-state index in [0.29, 0.717) is 5.78 Å². The highest BCUT2D eigenvalue weighted by atomic mass is 16.1. The number of carbonyl (C=O) groups is 1. The third kappa shape index (κ3) is 0.581. The molecule has 0 aromatic rings. The Morgan fingerprint density at radius 1 is 1.86 bits per heavy atom. The molecule has 1 nitrogen and oxygen atoms in total. The van der Waals surface area contributed by atoms with E-state index in [9.17, 15) is 4.79 Å². The fraction of sp³-hybridized carbons (Fsp3) is 0.500. The molecule has 0 N–H and O–H groups in total. The topological polar surface area (TPSA) is 17.1 Å². The predicted octanol–water partition coefficient (Wildman–Crippen LogP) is 1.15. The second kappa shape index (κ2) is 1.49. The summed E-state index contributed by atoms with van der Waals surface area (Å²) < 4.78 is 0. The lowest BCUT2D eigenvalue weighted by atomic mass is 9.91. The molecule has 0 amide bonds. The first-order valence-corrected chi connectivity index (χ1v) is 2.56. The van der Waals surface area contributed by atoms with Gasteiger partial charge in [-0.15, -0.1) is 0 Å². The third-order valence-electron chi connectivity index (χ3n) is 1.30. The molecule has 0 bridgehead atoms. The fourth-order valence-corrected chi connectivity index (χ4v) is 0.648. The molecule has 0 heterocycles. The number of rotatable bonds is 1. The van der Waals surface area contributed by atoms with Crippen molar-refractivity contribution < 1.29 is 4.79 Å². The minimum absolute atomic E-state index is 0.264. The SMILES string of the molecule is CCC1C=CC1=O. The highest BCUT2D eigenvalue weighted by molar-refractivity contribution is 5.99. The molecule has 1 heteroatoms. The molecular weight excluding hydrogens is 88.1 g/mol. The van der Waals surface area contributed by atoms with Crippen LogP contribution in [0.25, 0.3) is 0 Å². The summed E-state index contributed by atoms with van der Waals surface area (Å²) in [6.45, 7) is 2.02. The Morgan fingerprint density at radius 2 is 2.57 bits per heavy atom. The molecule has 1 aliphatic rings. The number of carbonyl (C=O) groups excluding carboxylic acids is 1. The van der Waals surface area contributed by atoms with Gasteiger partial charge in [-0.25, -0.2) is 0 Å². The molecule has 1 unspecified atom stereocenters. The number of hydrogen-bond donors (Lipinski definition) is 0. The van der Waals surface area contributed by atoms with E-state index in [1.54, 1.807) is 6.08 Å². The van der Waals surface area contributed by atoms with Crippen molar-refractivity contribution in [3.8, 4) is 0 Å². The Kier molecular flexibility index (Phi) is 0.970. The average molecular weight is 96.1 g/mol. The van der Waals surface area contributed by atoms with Crippen molar-refractivity contribution in [3.05, 3.63) is 12.2 Å². The molecule has 0 saturated heterocycles. The number of ketones is 1. The van der Waals surface area contributed by atoms with Gasteiger partial charge in [0.2, 0.25) is 0 Å². The van der Waals surface area contributed by atoms with Crippen LogP contribution in [0.5, 0.6) is 0 Å². The quantitative estimate of drug-likeness (QED) is 0.478. The van der Waals surface area contributed by atoms with E-state index in [0.717, 1.165) is 6.42 Å². The summed E-state index contributed by atoms with van der Waals surface area (Å²) in [4.78, 5) is 10.4. The van der Waals surface area contributed by atoms with Crippen LogP contribution in [0, 0.1) is 5.92 Å². The van der Waals surface area contributed by atoms with Crippen LogP contribution in [-0.2, 0) is 4.79 Å². The molecule has 1 aliphatic carbocycles. The smallest absolute Gasteiger partial charge is 0.162 e. The predicted molar refractivity (Wildman–Crippen MR) is 27.9 cm³/mol. The van der Waals surface area contributed by atoms with Gasteiger partial charge >= 0.3 is 0 Å². The van der Waals surface area contributed by atoms with Crippen LogP contribution in [0.1, 0.15) is 13.3 Å². The van der Waals surface area contributed by atoms with Gasteiger partial charge in [0.05, 0.1) is 0 Å². The summed E-state index contributed by atoms with van der Waals surface area (Å²) in [6.07, 6.45) is 4.55. The summed E-state index contributed by atoms with van der Waals surface area (Å²) >= 11 is 0. The van der Waals surface area contributed by atoms with Crippen molar-refractivity contribution >= 4 is 5.78 Å². The fourth-order valence-electron chi connectivity index (χ4n) is 0.648. The molecule has 0 spiro atoms. The normalized spacial score (nSPS) is 27.6. The van der Waals surface area contributed by atoms with Crippen LogP contribution in [-0.4, -0.2) is 5.78 Å². The first-order valence-electron chi connectivity index (χ1n) is 2.56. The molecule has 0 radical (unpaired) electrons. The summed E-state index contributed by atoms with van der Waals surface area (Å²) in [5.74, 6) is 0.558. The van der Waals surface area contributed by atoms with Gasteiger partial charge in [-0.05, 0) is 12.5 Å². The Morgan fingerprint density at radius 3 is 2.57 bits per heavy atom. The van der Waals surface area contributed by atoms with Gasteiger partial charge in [-0.1, -0.05) is 13.0 Å². The second-order valence-corrected chi connectivity index (χ2v) is 1.78. The van der Waals surface area contributed by atoms with Crippen LogP contribution in [0.4, 0.5) is 0 Å². The van der Waals surface area contributed by atoms with E-state index in [4.69, 9.17) is 0 Å². The monoisotopic (exact) mass is 96.1 g/mol. The van der Waals surface area contributed by atoms with E-state index >= 15 is 0 Å². The molecule has 7 heavy (non-hydrogen) atoms. The van der Waals surface area contributed by atoms with Crippen molar-refractivity contribution in [1.29, 1.82) is 0 Å². The molecule has 0 aromatic carbocycles. The summed E-state index contributed by atoms with van der Waals surface area (Å²) in [6, 6.07) is 0. The largest absolute Gasteiger partial charge is 0.294 e. The highest BCUT2D eigenvalue weighted by Crippen LogP contribution is 2.14. The van der Waals surface area contributed by atoms with Gasteiger partial charge in [-0.2, -0.15) is 0 Å². The molecule has 0 aliphatic heterocycles. The van der Waals surface area contributed by atoms with Crippen LogP contribution in [0.2, 0.25) is 0 Å². The van der Waals surface area contributed by atoms with Gasteiger partial charge < -0.3 is 0 Å². The summed E-state index contributed by atoms with van der Waals surface area (Å²) in [5, 5.41) is 0. The number of hydrogen-bond acceptors (Lipinski definition) is 1. The first kappa shape index (κ1) is 4.57. The van der Waals surface area contributed by atoms with Crippen LogP contribution in [0.15, 0.2) is 12.2 Å². The van der Waals surface area contributed by atoms with Crippen molar-refractivity contribution in [2.45, 2.75) is 13.3 Å². The first-order chi connectivity index (χ1) is 3.34. The molecule has 1 atom stereocenters. The number of allylic oxidation sites excluding steroid dienone is 2. The van der Waals surface area contributed by atoms with Gasteiger partial charge in [0, 0.05) is 5.92 Å². The van der Waals surface area contributed by atoms with Crippen LogP contribution >= 0.6 is 0 Å². The lowest BCUT2D eigenvalue weighted by Gasteiger charge is -2.11. The zero-order chi connectivity index (χ0) is 5.28. The molecule has 38 valence electrons. The van der Waals surface area contributed by atoms with Gasteiger partial charge in [-0.3, -0.25) is 4.79 Å². The average Bonchev–Trinajstić information content (AvgIpc) is 1.65. The van der Waals surface area contributed by atoms with E-state index in [-0.39, 0.29) is 5.92 Å². The van der Waals surface area contributed by atoms with Gasteiger partial charge in [0.1, 0.15) is 0 Å². The van der Waals surface area contributed by atoms with Crippen molar-refractivity contribution in [1.82, 2.24) is 0 Å². The Balaban J connectivity index is 2.49. The lowest BCUT2D eigenvalue weighted by molar-refractivity contribution is -0.118. The Hall–Kier alpha value is -0.590. The third-order valence-corrected chi connectivity index (χ3v) is 1.30. The molecule has 0 fully saturated rings. The van der Waals surface area contributed by atoms with Crippen molar-refractivity contribution in [2.24, 2.45) is 5.92 Å². The lowest BCUT2D eigenvalue weighted by Crippen LogP contribution is -2.15. The molecule has 0 aromatic heterocycles. The Bertz CT molecular complexity index is 113. The standard InChI is InChI=1S/C6H8O/c1-2-5-3-4-6(5)7/h3-5H,2H2,1H3. The second-order valence-electron chi connectivity index (χ2n) is 1.78. The van der Waals surface area contributed by atoms with Crippen LogP contribution in [0.3, 0.4) is 0 Å². The van der Waals surface area contributed by atoms with Crippen LogP contribution < -0.4 is 0 Å². The summed E-state index contributed by atoms with van der Waals surface area (Å²) in [7, 11) is 0. The molecule has 0 saturated carbocycles. The maximum absolute atomic E-state index is 10.4. The summed E-state index contributed by atoms with van der Waals surface area (Å²) in [5.41, 5.74) is 0. The maximum atomic E-state index is 10.4. The van der Waals surface area contributed by atoms with Gasteiger partial charge in [0.25, 0.3) is 0 Å². The van der Waals surface area contributed by atoms with E-state index in [2.05, 4.69) is 0 Å².